The molecular weight excluding hydrogens is 307 g/mol. The third-order valence-electron chi connectivity index (χ3n) is 3.78. The molecule has 0 aliphatic heterocycles. The van der Waals surface area contributed by atoms with Crippen molar-refractivity contribution >= 4 is 35.6 Å². The molecular formula is C17H15BN2O4. The summed E-state index contributed by atoms with van der Waals surface area (Å²) in [6.07, 6.45) is 1.65. The SMILES string of the molecule is COc1ccc(B(O)OC=O)cc1-c1ccc2c(N)ccnc2c1. The molecule has 6 nitrogen and oxygen atoms in total. The van der Waals surface area contributed by atoms with Gasteiger partial charge in [0.1, 0.15) is 5.75 Å². The Kier molecular flexibility index (Phi) is 4.35. The molecule has 0 amide bonds. The topological polar surface area (TPSA) is 94.7 Å². The number of nitrogens with two attached hydrogens (primary N) is 1. The zero-order valence-electron chi connectivity index (χ0n) is 13.0. The van der Waals surface area contributed by atoms with Crippen molar-refractivity contribution in [2.75, 3.05) is 12.8 Å². The van der Waals surface area contributed by atoms with Crippen LogP contribution < -0.4 is 15.9 Å². The van der Waals surface area contributed by atoms with E-state index < -0.39 is 7.12 Å². The van der Waals surface area contributed by atoms with E-state index in [1.165, 1.54) is 0 Å². The van der Waals surface area contributed by atoms with Crippen molar-refractivity contribution in [3.05, 3.63) is 48.7 Å². The van der Waals surface area contributed by atoms with E-state index in [1.807, 2.05) is 18.2 Å². The lowest BCUT2D eigenvalue weighted by atomic mass is 9.78. The number of hydrogen-bond donors (Lipinski definition) is 2. The van der Waals surface area contributed by atoms with Gasteiger partial charge in [-0.2, -0.15) is 0 Å². The summed E-state index contributed by atoms with van der Waals surface area (Å²) >= 11 is 0. The Bertz CT molecular complexity index is 901. The van der Waals surface area contributed by atoms with Crippen LogP contribution in [0.15, 0.2) is 48.7 Å². The van der Waals surface area contributed by atoms with Gasteiger partial charge in [0, 0.05) is 22.8 Å². The van der Waals surface area contributed by atoms with Gasteiger partial charge < -0.3 is 20.1 Å². The lowest BCUT2D eigenvalue weighted by Crippen LogP contribution is -2.33. The molecule has 3 rings (SSSR count). The van der Waals surface area contributed by atoms with Crippen molar-refractivity contribution in [1.29, 1.82) is 0 Å². The zero-order chi connectivity index (χ0) is 17.1. The molecule has 0 atom stereocenters. The number of anilines is 1. The standard InChI is InChI=1S/C17H15BN2O4/c1-23-17-5-3-12(18(22)24-10-21)9-14(17)11-2-4-13-15(19)6-7-20-16(13)8-11/h2-10,22H,1H3,(H2,19,20). The Labute approximate surface area is 139 Å². The third-order valence-corrected chi connectivity index (χ3v) is 3.78. The highest BCUT2D eigenvalue weighted by molar-refractivity contribution is 6.61. The lowest BCUT2D eigenvalue weighted by Gasteiger charge is -2.12. The van der Waals surface area contributed by atoms with Gasteiger partial charge in [0.2, 0.25) is 0 Å². The maximum atomic E-state index is 10.4. The fourth-order valence-corrected chi connectivity index (χ4v) is 2.57. The maximum Gasteiger partial charge on any atom is 0.561 e. The number of carbonyl (C=O) groups excluding carboxylic acids is 1. The van der Waals surface area contributed by atoms with Crippen LogP contribution in [0.1, 0.15) is 0 Å². The Morgan fingerprint density at radius 2 is 2.04 bits per heavy atom. The Morgan fingerprint density at radius 1 is 1.21 bits per heavy atom. The van der Waals surface area contributed by atoms with E-state index in [4.69, 9.17) is 10.5 Å². The van der Waals surface area contributed by atoms with Gasteiger partial charge in [0.05, 0.1) is 12.6 Å². The molecule has 7 heteroatoms. The summed E-state index contributed by atoms with van der Waals surface area (Å²) in [7, 11) is 0.232. The van der Waals surface area contributed by atoms with Gasteiger partial charge in [-0.25, -0.2) is 0 Å². The van der Waals surface area contributed by atoms with Crippen LogP contribution in [0.3, 0.4) is 0 Å². The first-order valence-electron chi connectivity index (χ1n) is 7.23. The molecule has 1 aromatic heterocycles. The predicted molar refractivity (Wildman–Crippen MR) is 92.9 cm³/mol. The number of ether oxygens (including phenoxy) is 1. The normalized spacial score (nSPS) is 10.4. The molecule has 1 heterocycles. The van der Waals surface area contributed by atoms with E-state index in [2.05, 4.69) is 9.64 Å². The van der Waals surface area contributed by atoms with E-state index >= 15 is 0 Å². The summed E-state index contributed by atoms with van der Waals surface area (Å²) in [5.41, 5.74) is 9.39. The minimum Gasteiger partial charge on any atom is -0.508 e. The Morgan fingerprint density at radius 3 is 2.79 bits per heavy atom. The van der Waals surface area contributed by atoms with Gasteiger partial charge in [-0.1, -0.05) is 18.2 Å². The van der Waals surface area contributed by atoms with Gasteiger partial charge in [-0.05, 0) is 35.3 Å². The minimum atomic E-state index is -1.33. The number of nitrogen functional groups attached to an aromatic ring is 1. The average Bonchev–Trinajstić information content (AvgIpc) is 2.61. The molecule has 0 saturated carbocycles. The van der Waals surface area contributed by atoms with E-state index in [-0.39, 0.29) is 6.47 Å². The van der Waals surface area contributed by atoms with E-state index in [9.17, 15) is 9.82 Å². The Balaban J connectivity index is 2.13. The average molecular weight is 322 g/mol. The second-order valence-corrected chi connectivity index (χ2v) is 5.18. The maximum absolute atomic E-state index is 10.4. The van der Waals surface area contributed by atoms with Crippen molar-refractivity contribution in [1.82, 2.24) is 4.98 Å². The molecule has 0 radical (unpaired) electrons. The van der Waals surface area contributed by atoms with Crippen molar-refractivity contribution in [3.63, 3.8) is 0 Å². The molecule has 0 fully saturated rings. The Hall–Kier alpha value is -3.06. The first-order chi connectivity index (χ1) is 11.6. The number of aromatic nitrogens is 1. The third kappa shape index (κ3) is 2.89. The number of nitrogens with zero attached hydrogens (tertiary/aromatic N) is 1. The second-order valence-electron chi connectivity index (χ2n) is 5.18. The summed E-state index contributed by atoms with van der Waals surface area (Å²) in [6.45, 7) is 0.206. The number of fused-ring (bicyclic) bond motifs is 1. The van der Waals surface area contributed by atoms with E-state index in [0.717, 1.165) is 22.0 Å². The fourth-order valence-electron chi connectivity index (χ4n) is 2.57. The minimum absolute atomic E-state index is 0.206. The quantitative estimate of drug-likeness (QED) is 0.544. The zero-order valence-corrected chi connectivity index (χ0v) is 13.0. The van der Waals surface area contributed by atoms with Crippen LogP contribution >= 0.6 is 0 Å². The molecule has 3 aromatic rings. The number of pyridine rings is 1. The molecule has 2 aromatic carbocycles. The van der Waals surface area contributed by atoms with Crippen LogP contribution in [0, 0.1) is 0 Å². The van der Waals surface area contributed by atoms with Crippen LogP contribution in [0.4, 0.5) is 5.69 Å². The van der Waals surface area contributed by atoms with Crippen LogP contribution in [0.25, 0.3) is 22.0 Å². The number of hydrogen-bond acceptors (Lipinski definition) is 6. The summed E-state index contributed by atoms with van der Waals surface area (Å²) in [5, 5.41) is 10.7. The summed E-state index contributed by atoms with van der Waals surface area (Å²) in [4.78, 5) is 14.7. The lowest BCUT2D eigenvalue weighted by molar-refractivity contribution is -0.121. The number of carbonyl (C=O) groups is 1. The molecule has 0 spiro atoms. The van der Waals surface area contributed by atoms with E-state index in [0.29, 0.717) is 16.9 Å². The summed E-state index contributed by atoms with van der Waals surface area (Å²) in [6, 6.07) is 12.5. The van der Waals surface area contributed by atoms with Gasteiger partial charge in [-0.15, -0.1) is 0 Å². The van der Waals surface area contributed by atoms with Crippen LogP contribution in [-0.4, -0.2) is 30.7 Å². The predicted octanol–water partition coefficient (Wildman–Crippen LogP) is 1.35. The molecule has 0 unspecified atom stereocenters. The highest BCUT2D eigenvalue weighted by Crippen LogP contribution is 2.31. The highest BCUT2D eigenvalue weighted by atomic mass is 16.5. The van der Waals surface area contributed by atoms with Crippen molar-refractivity contribution < 1.29 is 19.2 Å². The smallest absolute Gasteiger partial charge is 0.508 e. The molecule has 24 heavy (non-hydrogen) atoms. The molecule has 0 bridgehead atoms. The van der Waals surface area contributed by atoms with Crippen molar-refractivity contribution in [2.24, 2.45) is 0 Å². The van der Waals surface area contributed by atoms with Crippen molar-refractivity contribution in [2.45, 2.75) is 0 Å². The fraction of sp³-hybridized carbons (Fsp3) is 0.0588. The molecule has 120 valence electrons. The first kappa shape index (κ1) is 15.8. The summed E-state index contributed by atoms with van der Waals surface area (Å²) < 4.78 is 9.98. The highest BCUT2D eigenvalue weighted by Gasteiger charge is 2.20. The largest absolute Gasteiger partial charge is 0.561 e. The first-order valence-corrected chi connectivity index (χ1v) is 7.23. The second kappa shape index (κ2) is 6.60. The van der Waals surface area contributed by atoms with Gasteiger partial charge in [0.25, 0.3) is 6.47 Å². The van der Waals surface area contributed by atoms with Crippen LogP contribution in [0.2, 0.25) is 0 Å². The number of rotatable bonds is 5. The molecule has 0 aliphatic rings. The van der Waals surface area contributed by atoms with E-state index in [1.54, 1.807) is 37.6 Å². The van der Waals surface area contributed by atoms with Crippen LogP contribution in [0.5, 0.6) is 5.75 Å². The van der Waals surface area contributed by atoms with Gasteiger partial charge in [-0.3, -0.25) is 9.78 Å². The molecule has 0 saturated heterocycles. The summed E-state index contributed by atoms with van der Waals surface area (Å²) in [5.74, 6) is 0.625. The number of benzene rings is 2. The van der Waals surface area contributed by atoms with Gasteiger partial charge >= 0.3 is 7.12 Å². The van der Waals surface area contributed by atoms with Crippen molar-refractivity contribution in [3.8, 4) is 16.9 Å². The monoisotopic (exact) mass is 322 g/mol. The molecule has 3 N–H and O–H groups in total. The molecule has 0 aliphatic carbocycles. The van der Waals surface area contributed by atoms with Gasteiger partial charge in [0.15, 0.2) is 0 Å². The number of methoxy groups -OCH3 is 1. The van der Waals surface area contributed by atoms with Crippen LogP contribution in [-0.2, 0) is 9.45 Å².